The molecule has 2 aliphatic heterocycles. The Morgan fingerprint density at radius 2 is 2.04 bits per heavy atom. The molecule has 4 atom stereocenters. The van der Waals surface area contributed by atoms with Crippen LogP contribution < -0.4 is 5.32 Å². The van der Waals surface area contributed by atoms with Crippen LogP contribution in [0.4, 0.5) is 0 Å². The van der Waals surface area contributed by atoms with Gasteiger partial charge >= 0.3 is 0 Å². The van der Waals surface area contributed by atoms with E-state index in [0.717, 1.165) is 6.42 Å². The molecule has 1 aromatic heterocycles. The van der Waals surface area contributed by atoms with Gasteiger partial charge in [0.05, 0.1) is 12.6 Å². The van der Waals surface area contributed by atoms with E-state index < -0.39 is 23.9 Å². The molecule has 1 aromatic rings. The Morgan fingerprint density at radius 3 is 2.62 bits per heavy atom. The summed E-state index contributed by atoms with van der Waals surface area (Å²) in [4.78, 5) is 36.4. The van der Waals surface area contributed by atoms with Gasteiger partial charge in [0, 0.05) is 25.5 Å². The molecule has 0 aromatic carbocycles. The standard InChI is InChI=1S/C17H25N5O4/c1-11(23)14(15-18-6-4-7-19-15)20-13(25)9-21-10-17(16(21)26)5-3-8-22(17)12(2)24/h4,6-7,11-12,14,23-24H,3,5,8-10H2,1-2H3,(H,20,25). The first kappa shape index (κ1) is 18.7. The molecule has 26 heavy (non-hydrogen) atoms. The molecule has 1 spiro atoms. The lowest BCUT2D eigenvalue weighted by Crippen LogP contribution is -2.74. The Balaban J connectivity index is 1.60. The van der Waals surface area contributed by atoms with Gasteiger partial charge in [-0.2, -0.15) is 0 Å². The van der Waals surface area contributed by atoms with E-state index in [4.69, 9.17) is 0 Å². The van der Waals surface area contributed by atoms with E-state index in [1.807, 2.05) is 0 Å². The average molecular weight is 363 g/mol. The molecule has 4 unspecified atom stereocenters. The minimum atomic E-state index is -0.875. The molecule has 9 heteroatoms. The fourth-order valence-electron chi connectivity index (χ4n) is 3.89. The molecule has 0 bridgehead atoms. The van der Waals surface area contributed by atoms with Crippen molar-refractivity contribution in [3.05, 3.63) is 24.3 Å². The highest BCUT2D eigenvalue weighted by Crippen LogP contribution is 2.39. The zero-order valence-electron chi connectivity index (χ0n) is 15.0. The monoisotopic (exact) mass is 363 g/mol. The Morgan fingerprint density at radius 1 is 1.35 bits per heavy atom. The summed E-state index contributed by atoms with van der Waals surface area (Å²) in [5.74, 6) is -0.193. The highest BCUT2D eigenvalue weighted by atomic mass is 16.3. The molecule has 2 fully saturated rings. The SMILES string of the molecule is CC(O)C(NC(=O)CN1CC2(CCCN2C(C)O)C1=O)c1ncccn1. The smallest absolute Gasteiger partial charge is 0.245 e. The van der Waals surface area contributed by atoms with Gasteiger partial charge < -0.3 is 20.4 Å². The van der Waals surface area contributed by atoms with Gasteiger partial charge in [0.1, 0.15) is 17.8 Å². The van der Waals surface area contributed by atoms with Gasteiger partial charge in [0.25, 0.3) is 0 Å². The maximum Gasteiger partial charge on any atom is 0.245 e. The van der Waals surface area contributed by atoms with E-state index >= 15 is 0 Å². The van der Waals surface area contributed by atoms with Crippen molar-refractivity contribution < 1.29 is 19.8 Å². The minimum Gasteiger partial charge on any atom is -0.391 e. The molecule has 0 aliphatic carbocycles. The largest absolute Gasteiger partial charge is 0.391 e. The van der Waals surface area contributed by atoms with Crippen LogP contribution in [0.2, 0.25) is 0 Å². The summed E-state index contributed by atoms with van der Waals surface area (Å²) >= 11 is 0. The predicted molar refractivity (Wildman–Crippen MR) is 91.5 cm³/mol. The third-order valence-electron chi connectivity index (χ3n) is 5.13. The number of aliphatic hydroxyl groups excluding tert-OH is 2. The Kier molecular flexibility index (Phi) is 5.22. The van der Waals surface area contributed by atoms with Gasteiger partial charge in [0.15, 0.2) is 5.82 Å². The number of likely N-dealkylation sites (tertiary alicyclic amines) is 2. The molecule has 3 rings (SSSR count). The average Bonchev–Trinajstić information content (AvgIpc) is 3.06. The summed E-state index contributed by atoms with van der Waals surface area (Å²) < 4.78 is 0. The van der Waals surface area contributed by atoms with Gasteiger partial charge in [-0.15, -0.1) is 0 Å². The van der Waals surface area contributed by atoms with Crippen molar-refractivity contribution in [2.24, 2.45) is 0 Å². The molecule has 3 heterocycles. The first-order valence-corrected chi connectivity index (χ1v) is 8.84. The lowest BCUT2D eigenvalue weighted by Gasteiger charge is -2.51. The lowest BCUT2D eigenvalue weighted by atomic mass is 9.85. The van der Waals surface area contributed by atoms with Crippen LogP contribution >= 0.6 is 0 Å². The first-order valence-electron chi connectivity index (χ1n) is 8.84. The molecule has 0 radical (unpaired) electrons. The fraction of sp³-hybridized carbons (Fsp3) is 0.647. The molecule has 142 valence electrons. The summed E-state index contributed by atoms with van der Waals surface area (Å²) in [6.45, 7) is 4.21. The maximum absolute atomic E-state index is 12.6. The molecular formula is C17H25N5O4. The number of aromatic nitrogens is 2. The van der Waals surface area contributed by atoms with Crippen LogP contribution in [0.5, 0.6) is 0 Å². The maximum atomic E-state index is 12.6. The molecule has 2 aliphatic rings. The summed E-state index contributed by atoms with van der Waals surface area (Å²) in [5, 5.41) is 22.5. The zero-order valence-corrected chi connectivity index (χ0v) is 15.0. The third kappa shape index (κ3) is 3.29. The number of rotatable bonds is 6. The van der Waals surface area contributed by atoms with Crippen LogP contribution in [0.25, 0.3) is 0 Å². The van der Waals surface area contributed by atoms with Crippen molar-refractivity contribution in [2.75, 3.05) is 19.6 Å². The Hall–Kier alpha value is -2.10. The number of β-lactam (4-membered cyclic amide) rings is 1. The number of carbonyl (C=O) groups excluding carboxylic acids is 2. The Labute approximate surface area is 152 Å². The van der Waals surface area contributed by atoms with Crippen LogP contribution in [0.3, 0.4) is 0 Å². The minimum absolute atomic E-state index is 0.0930. The van der Waals surface area contributed by atoms with E-state index in [1.165, 1.54) is 17.3 Å². The summed E-state index contributed by atoms with van der Waals surface area (Å²) in [6.07, 6.45) is 3.07. The second-order valence-electron chi connectivity index (χ2n) is 7.01. The predicted octanol–water partition coefficient (Wildman–Crippen LogP) is -0.970. The fourth-order valence-corrected chi connectivity index (χ4v) is 3.89. The van der Waals surface area contributed by atoms with Crippen molar-refractivity contribution in [1.29, 1.82) is 0 Å². The van der Waals surface area contributed by atoms with E-state index in [-0.39, 0.29) is 18.4 Å². The zero-order chi connectivity index (χ0) is 18.9. The summed E-state index contributed by atoms with van der Waals surface area (Å²) in [6, 6.07) is 0.910. The number of carbonyl (C=O) groups is 2. The van der Waals surface area contributed by atoms with Gasteiger partial charge in [-0.1, -0.05) is 0 Å². The van der Waals surface area contributed by atoms with Crippen molar-refractivity contribution in [1.82, 2.24) is 25.1 Å². The normalized spacial score (nSPS) is 26.5. The van der Waals surface area contributed by atoms with Crippen LogP contribution in [0.1, 0.15) is 38.6 Å². The molecular weight excluding hydrogens is 338 g/mol. The van der Waals surface area contributed by atoms with Gasteiger partial charge in [0.2, 0.25) is 11.8 Å². The van der Waals surface area contributed by atoms with Gasteiger partial charge in [-0.05, 0) is 32.8 Å². The molecule has 2 saturated heterocycles. The molecule has 0 saturated carbocycles. The van der Waals surface area contributed by atoms with E-state index in [1.54, 1.807) is 24.8 Å². The summed E-state index contributed by atoms with van der Waals surface area (Å²) in [5.41, 5.74) is -0.666. The first-order chi connectivity index (χ1) is 12.3. The Bertz CT molecular complexity index is 668. The van der Waals surface area contributed by atoms with Crippen molar-refractivity contribution >= 4 is 11.8 Å². The van der Waals surface area contributed by atoms with E-state index in [9.17, 15) is 19.8 Å². The van der Waals surface area contributed by atoms with Crippen LogP contribution in [-0.4, -0.2) is 79.3 Å². The second kappa shape index (κ2) is 7.26. The number of hydrogen-bond donors (Lipinski definition) is 3. The van der Waals surface area contributed by atoms with Crippen LogP contribution in [0.15, 0.2) is 18.5 Å². The summed E-state index contributed by atoms with van der Waals surface area (Å²) in [7, 11) is 0. The van der Waals surface area contributed by atoms with Crippen molar-refractivity contribution in [3.63, 3.8) is 0 Å². The lowest BCUT2D eigenvalue weighted by molar-refractivity contribution is -0.172. The van der Waals surface area contributed by atoms with E-state index in [2.05, 4.69) is 15.3 Å². The number of hydrogen-bond acceptors (Lipinski definition) is 7. The van der Waals surface area contributed by atoms with Crippen LogP contribution in [0, 0.1) is 0 Å². The topological polar surface area (TPSA) is 119 Å². The van der Waals surface area contributed by atoms with Crippen molar-refractivity contribution in [2.45, 2.75) is 50.6 Å². The second-order valence-corrected chi connectivity index (χ2v) is 7.01. The quantitative estimate of drug-likeness (QED) is 0.556. The highest BCUT2D eigenvalue weighted by molar-refractivity contribution is 5.96. The van der Waals surface area contributed by atoms with Crippen molar-refractivity contribution in [3.8, 4) is 0 Å². The molecule has 3 N–H and O–H groups in total. The number of amides is 2. The number of nitrogens with zero attached hydrogens (tertiary/aromatic N) is 4. The highest BCUT2D eigenvalue weighted by Gasteiger charge is 2.59. The molecule has 9 nitrogen and oxygen atoms in total. The third-order valence-corrected chi connectivity index (χ3v) is 5.13. The number of nitrogens with one attached hydrogen (secondary N) is 1. The molecule has 2 amide bonds. The number of aliphatic hydroxyl groups is 2. The van der Waals surface area contributed by atoms with Gasteiger partial charge in [-0.3, -0.25) is 14.5 Å². The van der Waals surface area contributed by atoms with Gasteiger partial charge in [-0.25, -0.2) is 9.97 Å². The van der Waals surface area contributed by atoms with E-state index in [0.29, 0.717) is 25.3 Å². The van der Waals surface area contributed by atoms with Crippen LogP contribution in [-0.2, 0) is 9.59 Å².